The first-order valence-electron chi connectivity index (χ1n) is 8.75. The Labute approximate surface area is 145 Å². The molecule has 1 aliphatic heterocycles. The summed E-state index contributed by atoms with van der Waals surface area (Å²) in [6.07, 6.45) is 2.94. The van der Waals surface area contributed by atoms with Crippen molar-refractivity contribution in [1.29, 1.82) is 0 Å². The molecule has 4 heteroatoms. The Morgan fingerprint density at radius 1 is 1.33 bits per heavy atom. The molecule has 24 heavy (non-hydrogen) atoms. The third-order valence-electron chi connectivity index (χ3n) is 4.43. The lowest BCUT2D eigenvalue weighted by Crippen LogP contribution is -2.41. The Bertz CT molecular complexity index is 568. The van der Waals surface area contributed by atoms with Gasteiger partial charge in [0.15, 0.2) is 0 Å². The molecule has 1 saturated heterocycles. The number of hydrogen-bond donors (Lipinski definition) is 0. The third-order valence-corrected chi connectivity index (χ3v) is 4.43. The molecule has 1 fully saturated rings. The van der Waals surface area contributed by atoms with Crippen LogP contribution in [0, 0.1) is 11.8 Å². The van der Waals surface area contributed by atoms with E-state index in [1.54, 1.807) is 4.90 Å². The zero-order valence-corrected chi connectivity index (χ0v) is 14.8. The van der Waals surface area contributed by atoms with E-state index in [9.17, 15) is 9.59 Å². The largest absolute Gasteiger partial charge is 0.342 e. The van der Waals surface area contributed by atoms with Crippen LogP contribution in [0.15, 0.2) is 43.0 Å². The number of carbonyl (C=O) groups excluding carboxylic acids is 2. The molecule has 1 aromatic rings. The topological polar surface area (TPSA) is 40.6 Å². The fourth-order valence-electron chi connectivity index (χ4n) is 3.19. The second-order valence-electron chi connectivity index (χ2n) is 6.89. The molecule has 1 aromatic carbocycles. The molecule has 1 unspecified atom stereocenters. The molecule has 0 aromatic heterocycles. The highest BCUT2D eigenvalue weighted by Crippen LogP contribution is 2.20. The van der Waals surface area contributed by atoms with Crippen LogP contribution in [0.2, 0.25) is 0 Å². The fourth-order valence-corrected chi connectivity index (χ4v) is 3.19. The first-order chi connectivity index (χ1) is 11.5. The van der Waals surface area contributed by atoms with E-state index < -0.39 is 0 Å². The van der Waals surface area contributed by atoms with Crippen molar-refractivity contribution in [3.05, 3.63) is 48.6 Å². The van der Waals surface area contributed by atoms with Crippen molar-refractivity contribution in [3.8, 4) is 0 Å². The molecule has 130 valence electrons. The van der Waals surface area contributed by atoms with Crippen LogP contribution in [0.5, 0.6) is 0 Å². The van der Waals surface area contributed by atoms with Crippen LogP contribution in [0.25, 0.3) is 0 Å². The summed E-state index contributed by atoms with van der Waals surface area (Å²) >= 11 is 0. The zero-order valence-electron chi connectivity index (χ0n) is 14.8. The molecule has 1 heterocycles. The minimum Gasteiger partial charge on any atom is -0.342 e. The van der Waals surface area contributed by atoms with E-state index in [0.717, 1.165) is 25.9 Å². The predicted octanol–water partition coefficient (Wildman–Crippen LogP) is 2.75. The van der Waals surface area contributed by atoms with E-state index in [0.29, 0.717) is 19.0 Å². The molecule has 2 rings (SSSR count). The van der Waals surface area contributed by atoms with Gasteiger partial charge in [0.1, 0.15) is 0 Å². The highest BCUT2D eigenvalue weighted by atomic mass is 16.2. The molecule has 4 nitrogen and oxygen atoms in total. The Hall–Kier alpha value is -2.10. The highest BCUT2D eigenvalue weighted by Gasteiger charge is 2.32. The maximum atomic E-state index is 12.9. The van der Waals surface area contributed by atoms with E-state index in [4.69, 9.17) is 0 Å². The zero-order chi connectivity index (χ0) is 17.5. The summed E-state index contributed by atoms with van der Waals surface area (Å²) in [4.78, 5) is 28.3. The third kappa shape index (κ3) is 4.95. The average molecular weight is 328 g/mol. The lowest BCUT2D eigenvalue weighted by atomic mass is 10.0. The number of rotatable bonds is 7. The molecule has 1 aliphatic rings. The summed E-state index contributed by atoms with van der Waals surface area (Å²) in [7, 11) is 0. The maximum Gasteiger partial charge on any atom is 0.245 e. The minimum absolute atomic E-state index is 0.0787. The number of nitrogens with zero attached hydrogens (tertiary/aromatic N) is 2. The Morgan fingerprint density at radius 3 is 2.67 bits per heavy atom. The van der Waals surface area contributed by atoms with Crippen LogP contribution in [-0.4, -0.2) is 47.8 Å². The number of likely N-dealkylation sites (tertiary alicyclic amines) is 1. The molecule has 0 spiro atoms. The second-order valence-corrected chi connectivity index (χ2v) is 6.89. The van der Waals surface area contributed by atoms with Crippen LogP contribution in [0.1, 0.15) is 25.8 Å². The van der Waals surface area contributed by atoms with Gasteiger partial charge >= 0.3 is 0 Å². The molecule has 1 atom stereocenters. The lowest BCUT2D eigenvalue weighted by molar-refractivity contribution is -0.135. The van der Waals surface area contributed by atoms with Crippen molar-refractivity contribution in [1.82, 2.24) is 9.80 Å². The molecule has 0 aliphatic carbocycles. The van der Waals surface area contributed by atoms with Crippen molar-refractivity contribution in [2.75, 3.05) is 26.2 Å². The molecule has 0 saturated carbocycles. The van der Waals surface area contributed by atoms with Crippen molar-refractivity contribution in [2.24, 2.45) is 11.8 Å². The summed E-state index contributed by atoms with van der Waals surface area (Å²) in [5, 5.41) is 0. The summed E-state index contributed by atoms with van der Waals surface area (Å²) in [6.45, 7) is 10.4. The predicted molar refractivity (Wildman–Crippen MR) is 96.4 cm³/mol. The Morgan fingerprint density at radius 2 is 2.04 bits per heavy atom. The van der Waals surface area contributed by atoms with Gasteiger partial charge in [0, 0.05) is 26.2 Å². The van der Waals surface area contributed by atoms with Gasteiger partial charge in [-0.15, -0.1) is 0 Å². The van der Waals surface area contributed by atoms with E-state index in [2.05, 4.69) is 32.6 Å². The molecule has 0 N–H and O–H groups in total. The number of amides is 2. The van der Waals surface area contributed by atoms with Gasteiger partial charge in [0.2, 0.25) is 11.8 Å². The summed E-state index contributed by atoms with van der Waals surface area (Å²) < 4.78 is 0. The summed E-state index contributed by atoms with van der Waals surface area (Å²) in [6, 6.07) is 10.2. The van der Waals surface area contributed by atoms with Crippen molar-refractivity contribution in [2.45, 2.75) is 26.7 Å². The van der Waals surface area contributed by atoms with Crippen LogP contribution >= 0.6 is 0 Å². The quantitative estimate of drug-likeness (QED) is 0.722. The van der Waals surface area contributed by atoms with Crippen LogP contribution < -0.4 is 0 Å². The standard InChI is InChI=1S/C20H28N2O2/c1-4-19(23)21-13-11-18(15-21)20(24)22(14-16(2)3)12-10-17-8-6-5-7-9-17/h4-9,16,18H,1,10-15H2,2-3H3. The maximum absolute atomic E-state index is 12.9. The van der Waals surface area contributed by atoms with Crippen molar-refractivity contribution < 1.29 is 9.59 Å². The number of benzene rings is 1. The Kier molecular flexibility index (Phi) is 6.59. The van der Waals surface area contributed by atoms with E-state index >= 15 is 0 Å². The van der Waals surface area contributed by atoms with Crippen LogP contribution in [0.3, 0.4) is 0 Å². The summed E-state index contributed by atoms with van der Waals surface area (Å²) in [5.41, 5.74) is 1.24. The fraction of sp³-hybridized carbons (Fsp3) is 0.500. The van der Waals surface area contributed by atoms with Crippen LogP contribution in [-0.2, 0) is 16.0 Å². The molecule has 2 amide bonds. The molecule has 0 radical (unpaired) electrons. The molecule has 0 bridgehead atoms. The van der Waals surface area contributed by atoms with Gasteiger partial charge in [-0.3, -0.25) is 9.59 Å². The monoisotopic (exact) mass is 328 g/mol. The average Bonchev–Trinajstić information content (AvgIpc) is 3.08. The van der Waals surface area contributed by atoms with Crippen molar-refractivity contribution >= 4 is 11.8 Å². The van der Waals surface area contributed by atoms with E-state index in [1.807, 2.05) is 23.1 Å². The highest BCUT2D eigenvalue weighted by molar-refractivity contribution is 5.88. The van der Waals surface area contributed by atoms with Gasteiger partial charge in [-0.25, -0.2) is 0 Å². The SMILES string of the molecule is C=CC(=O)N1CCC(C(=O)N(CCc2ccccc2)CC(C)C)C1. The van der Waals surface area contributed by atoms with E-state index in [1.165, 1.54) is 11.6 Å². The van der Waals surface area contributed by atoms with Crippen LogP contribution in [0.4, 0.5) is 0 Å². The first-order valence-corrected chi connectivity index (χ1v) is 8.75. The summed E-state index contributed by atoms with van der Waals surface area (Å²) in [5.74, 6) is 0.449. The molecular weight excluding hydrogens is 300 g/mol. The Balaban J connectivity index is 1.97. The van der Waals surface area contributed by atoms with E-state index in [-0.39, 0.29) is 17.7 Å². The van der Waals surface area contributed by atoms with Gasteiger partial charge in [0.25, 0.3) is 0 Å². The second kappa shape index (κ2) is 8.67. The normalized spacial score (nSPS) is 17.1. The van der Waals surface area contributed by atoms with Gasteiger partial charge < -0.3 is 9.80 Å². The number of carbonyl (C=O) groups is 2. The lowest BCUT2D eigenvalue weighted by Gasteiger charge is -2.27. The molecular formula is C20H28N2O2. The minimum atomic E-state index is -0.0802. The first kappa shape index (κ1) is 18.2. The smallest absolute Gasteiger partial charge is 0.245 e. The van der Waals surface area contributed by atoms with Gasteiger partial charge in [0.05, 0.1) is 5.92 Å². The van der Waals surface area contributed by atoms with Gasteiger partial charge in [-0.05, 0) is 30.4 Å². The van der Waals surface area contributed by atoms with Gasteiger partial charge in [-0.2, -0.15) is 0 Å². The van der Waals surface area contributed by atoms with Gasteiger partial charge in [-0.1, -0.05) is 50.8 Å². The van der Waals surface area contributed by atoms with Crippen molar-refractivity contribution in [3.63, 3.8) is 0 Å². The number of hydrogen-bond acceptors (Lipinski definition) is 2.